The number of hydrogen-bond acceptors (Lipinski definition) is 5. The van der Waals surface area contributed by atoms with E-state index in [9.17, 15) is 9.59 Å². The second-order valence-corrected chi connectivity index (χ2v) is 9.64. The summed E-state index contributed by atoms with van der Waals surface area (Å²) in [6.45, 7) is 11.4. The van der Waals surface area contributed by atoms with Crippen LogP contribution in [0.1, 0.15) is 31.5 Å². The third-order valence-corrected chi connectivity index (χ3v) is 7.59. The molecule has 0 radical (unpaired) electrons. The van der Waals surface area contributed by atoms with Gasteiger partial charge in [0.2, 0.25) is 11.8 Å². The second kappa shape index (κ2) is 9.37. The smallest absolute Gasteiger partial charge is 0.245 e. The van der Waals surface area contributed by atoms with Crippen molar-refractivity contribution >= 4 is 40.1 Å². The number of likely N-dealkylation sites (tertiary alicyclic amines) is 1. The van der Waals surface area contributed by atoms with E-state index in [1.807, 2.05) is 28.1 Å². The van der Waals surface area contributed by atoms with Gasteiger partial charge in [0.1, 0.15) is 0 Å². The van der Waals surface area contributed by atoms with Gasteiger partial charge < -0.3 is 14.7 Å². The number of nitrogens with zero attached hydrogens (tertiary/aromatic N) is 6. The molecule has 1 aromatic carbocycles. The summed E-state index contributed by atoms with van der Waals surface area (Å²) in [6, 6.07) is 4.01. The quantitative estimate of drug-likeness (QED) is 0.560. The number of aromatic amines is 1. The average molecular weight is 496 g/mol. The first-order valence-corrected chi connectivity index (χ1v) is 12.4. The van der Waals surface area contributed by atoms with Crippen LogP contribution in [0.5, 0.6) is 0 Å². The van der Waals surface area contributed by atoms with Crippen molar-refractivity contribution in [3.8, 4) is 11.1 Å². The number of halogens is 1. The molecule has 0 bridgehead atoms. The van der Waals surface area contributed by atoms with Gasteiger partial charge in [-0.1, -0.05) is 18.2 Å². The minimum absolute atomic E-state index is 0.0243. The summed E-state index contributed by atoms with van der Waals surface area (Å²) >= 11 is 6.80. The molecule has 35 heavy (non-hydrogen) atoms. The molecule has 3 aromatic rings. The van der Waals surface area contributed by atoms with Gasteiger partial charge in [-0.05, 0) is 38.0 Å². The number of aromatic nitrogens is 4. The van der Waals surface area contributed by atoms with E-state index < -0.39 is 0 Å². The van der Waals surface area contributed by atoms with Crippen LogP contribution in [-0.2, 0) is 9.59 Å². The Kier molecular flexibility index (Phi) is 6.27. The van der Waals surface area contributed by atoms with Gasteiger partial charge in [-0.3, -0.25) is 19.4 Å². The number of piperazine rings is 1. The zero-order valence-corrected chi connectivity index (χ0v) is 20.9. The van der Waals surface area contributed by atoms with Crippen LogP contribution in [0, 0.1) is 6.92 Å². The van der Waals surface area contributed by atoms with E-state index >= 15 is 0 Å². The van der Waals surface area contributed by atoms with E-state index in [0.717, 1.165) is 46.4 Å². The third-order valence-electron chi connectivity index (χ3n) is 7.28. The van der Waals surface area contributed by atoms with Gasteiger partial charge in [0, 0.05) is 73.4 Å². The summed E-state index contributed by atoms with van der Waals surface area (Å²) in [6.07, 6.45) is 4.83. The van der Waals surface area contributed by atoms with Gasteiger partial charge in [0.15, 0.2) is 5.82 Å². The molecule has 9 nitrogen and oxygen atoms in total. The number of rotatable bonds is 4. The molecule has 0 spiro atoms. The molecular formula is C25H30ClN7O2. The van der Waals surface area contributed by atoms with E-state index in [0.29, 0.717) is 44.3 Å². The first-order valence-electron chi connectivity index (χ1n) is 12.0. The van der Waals surface area contributed by atoms with Gasteiger partial charge in [-0.25, -0.2) is 0 Å². The maximum atomic E-state index is 12.1. The van der Waals surface area contributed by atoms with Crippen molar-refractivity contribution < 1.29 is 9.59 Å². The number of nitrogens with one attached hydrogen (secondary N) is 1. The van der Waals surface area contributed by atoms with Crippen LogP contribution < -0.4 is 4.90 Å². The van der Waals surface area contributed by atoms with E-state index in [1.54, 1.807) is 6.92 Å². The topological polar surface area (TPSA) is 90.4 Å². The summed E-state index contributed by atoms with van der Waals surface area (Å²) in [7, 11) is 0. The number of benzene rings is 1. The zero-order valence-electron chi connectivity index (χ0n) is 20.1. The minimum atomic E-state index is -0.0243. The van der Waals surface area contributed by atoms with Crippen LogP contribution in [0.4, 0.5) is 5.82 Å². The second-order valence-electron chi connectivity index (χ2n) is 9.24. The number of piperidine rings is 1. The number of hydrogen-bond donors (Lipinski definition) is 1. The lowest BCUT2D eigenvalue weighted by atomic mass is 10.00. The van der Waals surface area contributed by atoms with E-state index in [2.05, 4.69) is 33.3 Å². The van der Waals surface area contributed by atoms with Crippen LogP contribution in [0.2, 0.25) is 5.02 Å². The Morgan fingerprint density at radius 3 is 2.46 bits per heavy atom. The monoisotopic (exact) mass is 495 g/mol. The Hall–Kier alpha value is -3.33. The fourth-order valence-corrected chi connectivity index (χ4v) is 5.57. The highest BCUT2D eigenvalue weighted by Gasteiger charge is 2.31. The van der Waals surface area contributed by atoms with Crippen molar-refractivity contribution in [1.82, 2.24) is 29.8 Å². The van der Waals surface area contributed by atoms with Crippen LogP contribution in [0.15, 0.2) is 31.0 Å². The van der Waals surface area contributed by atoms with Crippen LogP contribution in [-0.4, -0.2) is 80.9 Å². The Morgan fingerprint density at radius 1 is 1.09 bits per heavy atom. The molecule has 2 amide bonds. The average Bonchev–Trinajstić information content (AvgIpc) is 3.48. The molecule has 2 aliphatic rings. The Labute approximate surface area is 209 Å². The summed E-state index contributed by atoms with van der Waals surface area (Å²) in [4.78, 5) is 29.9. The molecule has 2 fully saturated rings. The highest BCUT2D eigenvalue weighted by Crippen LogP contribution is 2.43. The van der Waals surface area contributed by atoms with Crippen molar-refractivity contribution in [2.45, 2.75) is 32.7 Å². The van der Waals surface area contributed by atoms with Gasteiger partial charge in [-0.2, -0.15) is 10.2 Å². The fourth-order valence-electron chi connectivity index (χ4n) is 5.31. The lowest BCUT2D eigenvalue weighted by Gasteiger charge is -2.35. The van der Waals surface area contributed by atoms with E-state index in [1.165, 1.54) is 6.08 Å². The van der Waals surface area contributed by atoms with Gasteiger partial charge >= 0.3 is 0 Å². The first kappa shape index (κ1) is 23.4. The molecule has 10 heteroatoms. The van der Waals surface area contributed by atoms with Crippen LogP contribution in [0.3, 0.4) is 0 Å². The molecule has 0 unspecified atom stereocenters. The Balaban J connectivity index is 1.56. The maximum absolute atomic E-state index is 12.1. The number of fused-ring (bicyclic) bond motifs is 1. The summed E-state index contributed by atoms with van der Waals surface area (Å²) in [5.74, 6) is 0.952. The molecule has 0 saturated carbocycles. The van der Waals surface area contributed by atoms with Gasteiger partial charge in [0.25, 0.3) is 0 Å². The molecule has 2 saturated heterocycles. The number of carbonyl (C=O) groups is 2. The Bertz CT molecular complexity index is 1280. The summed E-state index contributed by atoms with van der Waals surface area (Å²) in [5.41, 5.74) is 3.88. The summed E-state index contributed by atoms with van der Waals surface area (Å²) in [5, 5.41) is 14.0. The third kappa shape index (κ3) is 4.18. The summed E-state index contributed by atoms with van der Waals surface area (Å²) < 4.78 is 2.12. The largest absolute Gasteiger partial charge is 0.351 e. The number of H-pyrrole nitrogens is 1. The van der Waals surface area contributed by atoms with Gasteiger partial charge in [0.05, 0.1) is 17.8 Å². The lowest BCUT2D eigenvalue weighted by Crippen LogP contribution is -2.48. The maximum Gasteiger partial charge on any atom is 0.245 e. The van der Waals surface area contributed by atoms with Crippen molar-refractivity contribution in [1.29, 1.82) is 0 Å². The zero-order chi connectivity index (χ0) is 24.7. The SMILES string of the molecule is C=CC(=O)N1CCC(n2nc(N3CCN(C(C)=O)CC3)c(-c3c(Cl)ccc4[nH]ncc34)c2C)CC1. The Morgan fingerprint density at radius 2 is 1.80 bits per heavy atom. The van der Waals surface area contributed by atoms with E-state index in [-0.39, 0.29) is 17.9 Å². The van der Waals surface area contributed by atoms with Crippen LogP contribution in [0.25, 0.3) is 22.0 Å². The molecule has 2 aromatic heterocycles. The molecular weight excluding hydrogens is 466 g/mol. The number of carbonyl (C=O) groups excluding carboxylic acids is 2. The highest BCUT2D eigenvalue weighted by molar-refractivity contribution is 6.35. The minimum Gasteiger partial charge on any atom is -0.351 e. The molecule has 4 heterocycles. The lowest BCUT2D eigenvalue weighted by molar-refractivity contribution is -0.129. The highest BCUT2D eigenvalue weighted by atomic mass is 35.5. The van der Waals surface area contributed by atoms with Crippen molar-refractivity contribution in [2.75, 3.05) is 44.2 Å². The van der Waals surface area contributed by atoms with E-state index in [4.69, 9.17) is 16.7 Å². The predicted octanol–water partition coefficient (Wildman–Crippen LogP) is 3.41. The van der Waals surface area contributed by atoms with Crippen molar-refractivity contribution in [3.63, 3.8) is 0 Å². The molecule has 2 aliphatic heterocycles. The van der Waals surface area contributed by atoms with Gasteiger partial charge in [-0.15, -0.1) is 0 Å². The normalized spacial score (nSPS) is 17.3. The van der Waals surface area contributed by atoms with Crippen molar-refractivity contribution in [3.05, 3.63) is 41.7 Å². The van der Waals surface area contributed by atoms with Crippen molar-refractivity contribution in [2.24, 2.45) is 0 Å². The van der Waals surface area contributed by atoms with Crippen LogP contribution >= 0.6 is 11.6 Å². The molecule has 0 aliphatic carbocycles. The number of amides is 2. The molecule has 5 rings (SSSR count). The first-order chi connectivity index (χ1) is 16.9. The molecule has 1 N–H and O–H groups in total. The number of anilines is 1. The molecule has 184 valence electrons. The predicted molar refractivity (Wildman–Crippen MR) is 137 cm³/mol. The standard InChI is InChI=1S/C25H30ClN7O2/c1-4-22(35)31-9-7-18(8-10-31)33-16(2)23(24-19-15-27-28-21(19)6-5-20(24)26)25(29-33)32-13-11-30(12-14-32)17(3)34/h4-6,15,18H,1,7-14H2,2-3H3,(H,27,28). The molecule has 0 atom stereocenters. The fraction of sp³-hybridized carbons (Fsp3) is 0.440.